The zero-order valence-corrected chi connectivity index (χ0v) is 23.1. The molecule has 6 rings (SSSR count). The monoisotopic (exact) mass is 544 g/mol. The molecule has 1 aliphatic carbocycles. The predicted molar refractivity (Wildman–Crippen MR) is 155 cm³/mol. The summed E-state index contributed by atoms with van der Waals surface area (Å²) < 4.78 is 0. The van der Waals surface area contributed by atoms with Gasteiger partial charge in [-0.25, -0.2) is 4.98 Å². The Morgan fingerprint density at radius 2 is 1.65 bits per heavy atom. The largest absolute Gasteiger partial charge is 0.384 e. The first kappa shape index (κ1) is 26.7. The van der Waals surface area contributed by atoms with Crippen LogP contribution in [0.3, 0.4) is 0 Å². The average Bonchev–Trinajstić information content (AvgIpc) is 3.75. The van der Waals surface area contributed by atoms with E-state index < -0.39 is 5.91 Å². The van der Waals surface area contributed by atoms with Crippen molar-refractivity contribution in [3.05, 3.63) is 53.2 Å². The van der Waals surface area contributed by atoms with Gasteiger partial charge in [-0.3, -0.25) is 19.3 Å². The summed E-state index contributed by atoms with van der Waals surface area (Å²) in [5.41, 5.74) is 7.82. The van der Waals surface area contributed by atoms with Crippen LogP contribution in [-0.2, 0) is 0 Å². The Kier molecular flexibility index (Phi) is 7.74. The highest BCUT2D eigenvalue weighted by Crippen LogP contribution is 2.39. The molecule has 2 aromatic rings. The number of benzene rings is 1. The topological polar surface area (TPSA) is 121 Å². The molecule has 1 aromatic carbocycles. The molecule has 2 amide bonds. The molecule has 1 saturated carbocycles. The zero-order chi connectivity index (χ0) is 27.6. The van der Waals surface area contributed by atoms with E-state index in [1.54, 1.807) is 24.4 Å². The van der Waals surface area contributed by atoms with Crippen molar-refractivity contribution in [1.82, 2.24) is 15.2 Å². The number of nitrogens with zero attached hydrogens (tertiary/aromatic N) is 3. The average molecular weight is 545 g/mol. The second-order valence-corrected chi connectivity index (χ2v) is 12.0. The number of pyridine rings is 1. The smallest absolute Gasteiger partial charge is 0.251 e. The summed E-state index contributed by atoms with van der Waals surface area (Å²) in [6.45, 7) is 3.27. The maximum absolute atomic E-state index is 13.2. The third kappa shape index (κ3) is 5.99. The normalized spacial score (nSPS) is 24.5. The Labute approximate surface area is 235 Å². The van der Waals surface area contributed by atoms with E-state index in [4.69, 9.17) is 10.7 Å². The van der Waals surface area contributed by atoms with Crippen molar-refractivity contribution in [1.29, 1.82) is 0 Å². The Bertz CT molecular complexity index is 1240. The van der Waals surface area contributed by atoms with Crippen molar-refractivity contribution in [3.63, 3.8) is 0 Å². The van der Waals surface area contributed by atoms with Crippen molar-refractivity contribution in [2.75, 3.05) is 36.4 Å². The Balaban J connectivity index is 1.06. The molecule has 3 aliphatic heterocycles. The molecule has 4 heterocycles. The minimum atomic E-state index is -0.498. The van der Waals surface area contributed by atoms with Crippen LogP contribution in [0, 0.1) is 5.92 Å². The molecule has 4 fully saturated rings. The van der Waals surface area contributed by atoms with Gasteiger partial charge in [-0.05, 0) is 101 Å². The number of nitrogens with one attached hydrogen (secondary N) is 2. The molecular weight excluding hydrogens is 504 g/mol. The SMILES string of the molecule is NC(=O)c1ccc(C(=O)N[C@H]2C[C@H]3CC[C@@H](C2)N3c2ccc(C(=O)CN3CCCCC3)cn2)cc1NCC1CC1. The van der Waals surface area contributed by atoms with Gasteiger partial charge in [0.1, 0.15) is 5.82 Å². The quantitative estimate of drug-likeness (QED) is 0.391. The van der Waals surface area contributed by atoms with Gasteiger partial charge in [-0.1, -0.05) is 6.42 Å². The number of likely N-dealkylation sites (tertiary alicyclic amines) is 1. The molecule has 3 saturated heterocycles. The zero-order valence-electron chi connectivity index (χ0n) is 23.1. The number of amides is 2. The minimum Gasteiger partial charge on any atom is -0.384 e. The second kappa shape index (κ2) is 11.6. The molecule has 9 heteroatoms. The van der Waals surface area contributed by atoms with E-state index in [0.717, 1.165) is 51.1 Å². The molecule has 0 radical (unpaired) electrons. The number of primary amides is 1. The fourth-order valence-corrected chi connectivity index (χ4v) is 6.68. The Morgan fingerprint density at radius 1 is 0.925 bits per heavy atom. The van der Waals surface area contributed by atoms with Gasteiger partial charge in [0, 0.05) is 47.7 Å². The van der Waals surface area contributed by atoms with E-state index in [1.165, 1.54) is 32.1 Å². The van der Waals surface area contributed by atoms with Gasteiger partial charge in [0.05, 0.1) is 12.1 Å². The van der Waals surface area contributed by atoms with Gasteiger partial charge < -0.3 is 21.3 Å². The van der Waals surface area contributed by atoms with Gasteiger partial charge in [0.15, 0.2) is 5.78 Å². The molecule has 1 aromatic heterocycles. The molecule has 212 valence electrons. The third-order valence-corrected chi connectivity index (χ3v) is 9.04. The number of fused-ring (bicyclic) bond motifs is 2. The second-order valence-electron chi connectivity index (χ2n) is 12.0. The lowest BCUT2D eigenvalue weighted by Crippen LogP contribution is -2.50. The van der Waals surface area contributed by atoms with Crippen molar-refractivity contribution in [2.24, 2.45) is 11.7 Å². The molecule has 4 N–H and O–H groups in total. The molecule has 0 unspecified atom stereocenters. The summed E-state index contributed by atoms with van der Waals surface area (Å²) in [6.07, 6.45) is 11.6. The van der Waals surface area contributed by atoms with Crippen molar-refractivity contribution in [2.45, 2.75) is 75.9 Å². The highest BCUT2D eigenvalue weighted by atomic mass is 16.2. The standard InChI is InChI=1S/C31H40N6O3/c32-30(39)26-10-6-21(14-27(26)33-17-20-4-5-20)31(40)35-23-15-24-8-9-25(16-23)37(24)29-11-7-22(18-34-29)28(38)19-36-12-2-1-3-13-36/h6-7,10-11,14,18,20,23-25,33H,1-5,8-9,12-13,15-17,19H2,(H2,32,39)(H,35,40)/t23-,24+,25-. The van der Waals surface area contributed by atoms with Gasteiger partial charge in [0.25, 0.3) is 11.8 Å². The first-order valence-electron chi connectivity index (χ1n) is 14.9. The summed E-state index contributed by atoms with van der Waals surface area (Å²) in [5.74, 6) is 1.06. The van der Waals surface area contributed by atoms with Crippen LogP contribution < -0.4 is 21.3 Å². The summed E-state index contributed by atoms with van der Waals surface area (Å²) in [4.78, 5) is 47.2. The highest BCUT2D eigenvalue weighted by molar-refractivity contribution is 6.02. The van der Waals surface area contributed by atoms with Crippen LogP contribution in [0.5, 0.6) is 0 Å². The summed E-state index contributed by atoms with van der Waals surface area (Å²) in [6, 6.07) is 9.67. The van der Waals surface area contributed by atoms with Crippen LogP contribution in [0.25, 0.3) is 0 Å². The number of nitrogens with two attached hydrogens (primary N) is 1. The van der Waals surface area contributed by atoms with Gasteiger partial charge >= 0.3 is 0 Å². The van der Waals surface area contributed by atoms with E-state index in [1.807, 2.05) is 12.1 Å². The summed E-state index contributed by atoms with van der Waals surface area (Å²) >= 11 is 0. The highest BCUT2D eigenvalue weighted by Gasteiger charge is 2.42. The molecule has 0 spiro atoms. The van der Waals surface area contributed by atoms with E-state index in [9.17, 15) is 14.4 Å². The van der Waals surface area contributed by atoms with Crippen LogP contribution >= 0.6 is 0 Å². The first-order chi connectivity index (χ1) is 19.4. The number of Topliss-reactive ketones (excluding diaryl/α,β-unsaturated/α-hetero) is 1. The Morgan fingerprint density at radius 3 is 2.30 bits per heavy atom. The number of anilines is 2. The van der Waals surface area contributed by atoms with Gasteiger partial charge in [-0.2, -0.15) is 0 Å². The van der Waals surface area contributed by atoms with Crippen LogP contribution in [0.15, 0.2) is 36.5 Å². The molecule has 9 nitrogen and oxygen atoms in total. The third-order valence-electron chi connectivity index (χ3n) is 9.04. The number of hydrogen-bond donors (Lipinski definition) is 3. The number of carbonyl (C=O) groups is 3. The molecular formula is C31H40N6O3. The van der Waals surface area contributed by atoms with E-state index >= 15 is 0 Å². The van der Waals surface area contributed by atoms with Crippen LogP contribution in [0.1, 0.15) is 88.9 Å². The maximum Gasteiger partial charge on any atom is 0.251 e. The van der Waals surface area contributed by atoms with Crippen molar-refractivity contribution < 1.29 is 14.4 Å². The number of ketones is 1. The fraction of sp³-hybridized carbons (Fsp3) is 0.548. The molecule has 2 bridgehead atoms. The lowest BCUT2D eigenvalue weighted by Gasteiger charge is -2.40. The summed E-state index contributed by atoms with van der Waals surface area (Å²) in [7, 11) is 0. The predicted octanol–water partition coefficient (Wildman–Crippen LogP) is 3.60. The van der Waals surface area contributed by atoms with Crippen LogP contribution in [-0.4, -0.2) is 71.8 Å². The van der Waals surface area contributed by atoms with Crippen molar-refractivity contribution in [3.8, 4) is 0 Å². The van der Waals surface area contributed by atoms with Crippen LogP contribution in [0.2, 0.25) is 0 Å². The number of rotatable bonds is 10. The van der Waals surface area contributed by atoms with E-state index in [0.29, 0.717) is 46.9 Å². The van der Waals surface area contributed by atoms with Crippen LogP contribution in [0.4, 0.5) is 11.5 Å². The molecule has 40 heavy (non-hydrogen) atoms. The first-order valence-corrected chi connectivity index (χ1v) is 14.9. The number of carbonyl (C=O) groups excluding carboxylic acids is 3. The van der Waals surface area contributed by atoms with Crippen molar-refractivity contribution >= 4 is 29.1 Å². The fourth-order valence-electron chi connectivity index (χ4n) is 6.68. The number of hydrogen-bond acceptors (Lipinski definition) is 7. The maximum atomic E-state index is 13.2. The number of piperidine rings is 2. The van der Waals surface area contributed by atoms with E-state index in [2.05, 4.69) is 20.4 Å². The number of aromatic nitrogens is 1. The van der Waals surface area contributed by atoms with E-state index in [-0.39, 0.29) is 17.7 Å². The lowest BCUT2D eigenvalue weighted by atomic mass is 9.96. The Hall–Kier alpha value is -3.46. The molecule has 3 atom stereocenters. The van der Waals surface area contributed by atoms with Gasteiger partial charge in [-0.15, -0.1) is 0 Å². The summed E-state index contributed by atoms with van der Waals surface area (Å²) in [5, 5.41) is 6.56. The lowest BCUT2D eigenvalue weighted by molar-refractivity contribution is 0.0911. The van der Waals surface area contributed by atoms with Gasteiger partial charge in [0.2, 0.25) is 0 Å². The molecule has 4 aliphatic rings. The minimum absolute atomic E-state index is 0.0744.